The number of aromatic nitrogens is 2. The molecule has 0 amide bonds. The lowest BCUT2D eigenvalue weighted by molar-refractivity contribution is 0.516. The van der Waals surface area contributed by atoms with Crippen molar-refractivity contribution >= 4 is 85.5 Å². The average molecular weight is 684 g/mol. The molecular weight excluding hydrogens is 676 g/mol. The molecule has 0 radical (unpaired) electrons. The summed E-state index contributed by atoms with van der Waals surface area (Å²) in [4.78, 5) is 33.8. The SMILES string of the molecule is O=c1oc(-c2ccc(-c3nc4cc(Br)c(Br)cc4c(=O)o3)cc2)nc2cc(Br)c(Br)cc12. The molecule has 0 N–H and O–H groups in total. The summed E-state index contributed by atoms with van der Waals surface area (Å²) in [5, 5.41) is 0.751. The van der Waals surface area contributed by atoms with Gasteiger partial charge in [-0.05, 0) is 112 Å². The van der Waals surface area contributed by atoms with Gasteiger partial charge in [0.25, 0.3) is 0 Å². The highest BCUT2D eigenvalue weighted by Gasteiger charge is 2.14. The van der Waals surface area contributed by atoms with Crippen LogP contribution in [0.4, 0.5) is 0 Å². The van der Waals surface area contributed by atoms with Gasteiger partial charge in [-0.3, -0.25) is 0 Å². The maximum absolute atomic E-state index is 12.4. The molecule has 32 heavy (non-hydrogen) atoms. The van der Waals surface area contributed by atoms with Gasteiger partial charge in [-0.2, -0.15) is 0 Å². The maximum Gasteiger partial charge on any atom is 0.347 e. The Morgan fingerprint density at radius 1 is 0.562 bits per heavy atom. The molecule has 2 heterocycles. The summed E-state index contributed by atoms with van der Waals surface area (Å²) >= 11 is 13.6. The maximum atomic E-state index is 12.4. The highest BCUT2D eigenvalue weighted by Crippen LogP contribution is 2.30. The van der Waals surface area contributed by atoms with Crippen LogP contribution in [0.25, 0.3) is 44.7 Å². The molecule has 0 fully saturated rings. The standard InChI is InChI=1S/C22H8Br4N2O4/c23-13-5-11-17(7-15(13)25)27-19(31-21(11)29)9-1-2-10(4-3-9)20-28-18-8-16(26)14(24)6-12(18)22(30)32-20/h1-8H. The summed E-state index contributed by atoms with van der Waals surface area (Å²) in [7, 11) is 0. The van der Waals surface area contributed by atoms with E-state index >= 15 is 0 Å². The number of fused-ring (bicyclic) bond motifs is 2. The second kappa shape index (κ2) is 8.33. The predicted molar refractivity (Wildman–Crippen MR) is 136 cm³/mol. The van der Waals surface area contributed by atoms with E-state index in [2.05, 4.69) is 73.7 Å². The van der Waals surface area contributed by atoms with E-state index in [0.717, 1.165) is 17.9 Å². The van der Waals surface area contributed by atoms with Crippen LogP contribution in [0.1, 0.15) is 0 Å². The fourth-order valence-electron chi connectivity index (χ4n) is 3.14. The van der Waals surface area contributed by atoms with Crippen molar-refractivity contribution in [2.75, 3.05) is 0 Å². The second-order valence-electron chi connectivity index (χ2n) is 6.76. The molecule has 6 nitrogen and oxygen atoms in total. The van der Waals surface area contributed by atoms with Crippen molar-refractivity contribution in [1.29, 1.82) is 0 Å². The molecule has 0 bridgehead atoms. The van der Waals surface area contributed by atoms with E-state index in [1.807, 2.05) is 0 Å². The number of hydrogen-bond donors (Lipinski definition) is 0. The molecule has 0 saturated heterocycles. The largest absolute Gasteiger partial charge is 0.403 e. The molecule has 2 aromatic heterocycles. The Morgan fingerprint density at radius 3 is 1.28 bits per heavy atom. The highest BCUT2D eigenvalue weighted by atomic mass is 79.9. The van der Waals surface area contributed by atoms with Crippen LogP contribution < -0.4 is 11.3 Å². The van der Waals surface area contributed by atoms with Gasteiger partial charge in [0.05, 0.1) is 21.8 Å². The molecule has 158 valence electrons. The Kier molecular flexibility index (Phi) is 5.65. The summed E-state index contributed by atoms with van der Waals surface area (Å²) in [6.07, 6.45) is 0. The van der Waals surface area contributed by atoms with Gasteiger partial charge in [0.15, 0.2) is 0 Å². The first-order valence-electron chi connectivity index (χ1n) is 9.01. The number of benzene rings is 3. The highest BCUT2D eigenvalue weighted by molar-refractivity contribution is 9.13. The fraction of sp³-hybridized carbons (Fsp3) is 0. The molecule has 5 rings (SSSR count). The van der Waals surface area contributed by atoms with Gasteiger partial charge in [-0.1, -0.05) is 0 Å². The predicted octanol–water partition coefficient (Wildman–Crippen LogP) is 7.07. The molecule has 0 spiro atoms. The van der Waals surface area contributed by atoms with Gasteiger partial charge in [0.2, 0.25) is 11.8 Å². The second-order valence-corrected chi connectivity index (χ2v) is 10.2. The van der Waals surface area contributed by atoms with Crippen molar-refractivity contribution in [2.24, 2.45) is 0 Å². The fourth-order valence-corrected chi connectivity index (χ4v) is 4.49. The van der Waals surface area contributed by atoms with Gasteiger partial charge in [-0.15, -0.1) is 0 Å². The van der Waals surface area contributed by atoms with Crippen LogP contribution >= 0.6 is 63.7 Å². The Labute approximate surface area is 213 Å². The van der Waals surface area contributed by atoms with Crippen LogP contribution in [0.15, 0.2) is 84.8 Å². The first kappa shape index (κ1) is 21.7. The molecule has 5 aromatic rings. The molecule has 0 aliphatic carbocycles. The zero-order valence-electron chi connectivity index (χ0n) is 15.7. The third-order valence-corrected chi connectivity index (χ3v) is 8.41. The van der Waals surface area contributed by atoms with Crippen molar-refractivity contribution in [3.63, 3.8) is 0 Å². The molecule has 0 aliphatic rings. The van der Waals surface area contributed by atoms with Gasteiger partial charge < -0.3 is 8.83 Å². The lowest BCUT2D eigenvalue weighted by Gasteiger charge is -2.06. The lowest BCUT2D eigenvalue weighted by Crippen LogP contribution is -2.04. The Morgan fingerprint density at radius 2 is 0.906 bits per heavy atom. The van der Waals surface area contributed by atoms with E-state index in [1.54, 1.807) is 48.5 Å². The van der Waals surface area contributed by atoms with E-state index in [1.165, 1.54) is 0 Å². The Bertz CT molecular complexity index is 1540. The zero-order chi connectivity index (χ0) is 22.6. The van der Waals surface area contributed by atoms with Gasteiger partial charge in [-0.25, -0.2) is 19.6 Å². The van der Waals surface area contributed by atoms with Gasteiger partial charge in [0.1, 0.15) is 0 Å². The van der Waals surface area contributed by atoms with Crippen LogP contribution in [-0.4, -0.2) is 9.97 Å². The molecule has 0 saturated carbocycles. The summed E-state index contributed by atoms with van der Waals surface area (Å²) in [6, 6.07) is 13.7. The number of halogens is 4. The smallest absolute Gasteiger partial charge is 0.347 e. The van der Waals surface area contributed by atoms with E-state index in [4.69, 9.17) is 8.83 Å². The monoisotopic (exact) mass is 680 g/mol. The molecule has 0 unspecified atom stereocenters. The number of rotatable bonds is 2. The van der Waals surface area contributed by atoms with Crippen LogP contribution in [0.2, 0.25) is 0 Å². The minimum Gasteiger partial charge on any atom is -0.403 e. The molecule has 0 atom stereocenters. The summed E-state index contributed by atoms with van der Waals surface area (Å²) in [6.45, 7) is 0. The third kappa shape index (κ3) is 3.89. The van der Waals surface area contributed by atoms with E-state index < -0.39 is 11.3 Å². The van der Waals surface area contributed by atoms with Gasteiger partial charge >= 0.3 is 11.3 Å². The van der Waals surface area contributed by atoms with Crippen LogP contribution in [0.3, 0.4) is 0 Å². The number of hydrogen-bond acceptors (Lipinski definition) is 6. The van der Waals surface area contributed by atoms with Crippen LogP contribution in [0, 0.1) is 0 Å². The van der Waals surface area contributed by atoms with Crippen molar-refractivity contribution in [3.05, 3.63) is 87.3 Å². The summed E-state index contributed by atoms with van der Waals surface area (Å²) in [5.74, 6) is 0.370. The van der Waals surface area contributed by atoms with Crippen molar-refractivity contribution in [1.82, 2.24) is 9.97 Å². The topological polar surface area (TPSA) is 86.2 Å². The van der Waals surface area contributed by atoms with Crippen molar-refractivity contribution < 1.29 is 8.83 Å². The average Bonchev–Trinajstić information content (AvgIpc) is 2.76. The molecule has 0 aliphatic heterocycles. The first-order valence-corrected chi connectivity index (χ1v) is 12.2. The van der Waals surface area contributed by atoms with Gasteiger partial charge in [0, 0.05) is 29.0 Å². The zero-order valence-corrected chi connectivity index (χ0v) is 22.0. The van der Waals surface area contributed by atoms with Crippen molar-refractivity contribution in [2.45, 2.75) is 0 Å². The lowest BCUT2D eigenvalue weighted by atomic mass is 10.1. The summed E-state index contributed by atoms with van der Waals surface area (Å²) in [5.41, 5.74) is 1.24. The Balaban J connectivity index is 1.57. The minimum absolute atomic E-state index is 0.185. The molecular formula is C22H8Br4N2O4. The first-order chi connectivity index (χ1) is 15.3. The number of nitrogens with zero attached hydrogens (tertiary/aromatic N) is 2. The quantitative estimate of drug-likeness (QED) is 0.198. The third-order valence-electron chi connectivity index (χ3n) is 4.72. The van der Waals surface area contributed by atoms with E-state index in [9.17, 15) is 9.59 Å². The summed E-state index contributed by atoms with van der Waals surface area (Å²) < 4.78 is 13.9. The normalized spacial score (nSPS) is 11.4. The molecule has 10 heteroatoms. The Hall–Kier alpha value is -2.14. The van der Waals surface area contributed by atoms with E-state index in [-0.39, 0.29) is 11.8 Å². The van der Waals surface area contributed by atoms with Crippen LogP contribution in [-0.2, 0) is 0 Å². The molecule has 3 aromatic carbocycles. The van der Waals surface area contributed by atoms with E-state index in [0.29, 0.717) is 32.9 Å². The van der Waals surface area contributed by atoms with Crippen LogP contribution in [0.5, 0.6) is 0 Å². The minimum atomic E-state index is -0.485. The van der Waals surface area contributed by atoms with Crippen molar-refractivity contribution in [3.8, 4) is 22.9 Å².